The minimum atomic E-state index is 0.306. The summed E-state index contributed by atoms with van der Waals surface area (Å²) in [5.74, 6) is 0. The fraction of sp³-hybridized carbons (Fsp3) is 0.400. The van der Waals surface area contributed by atoms with Gasteiger partial charge < -0.3 is 10.1 Å². The van der Waals surface area contributed by atoms with Crippen LogP contribution < -0.4 is 5.32 Å². The number of nitrogens with two attached hydrogens (primary N) is 1. The lowest BCUT2D eigenvalue weighted by atomic mass is 10.1. The van der Waals surface area contributed by atoms with Crippen molar-refractivity contribution in [2.45, 2.75) is 6.10 Å². The summed E-state index contributed by atoms with van der Waals surface area (Å²) >= 11 is 0. The van der Waals surface area contributed by atoms with Gasteiger partial charge in [-0.2, -0.15) is 0 Å². The second-order valence-corrected chi connectivity index (χ2v) is 3.08. The molecular weight excluding hydrogens is 150 g/mol. The van der Waals surface area contributed by atoms with E-state index in [2.05, 4.69) is 29.6 Å². The summed E-state index contributed by atoms with van der Waals surface area (Å²) in [6.07, 6.45) is 0.306. The molecule has 2 N–H and O–H groups in total. The van der Waals surface area contributed by atoms with Crippen molar-refractivity contribution in [1.82, 2.24) is 0 Å². The van der Waals surface area contributed by atoms with Crippen molar-refractivity contribution in [2.75, 3.05) is 19.7 Å². The van der Waals surface area contributed by atoms with Gasteiger partial charge in [-0.25, -0.2) is 0 Å². The topological polar surface area (TPSA) is 25.8 Å². The average molecular weight is 164 g/mol. The number of ether oxygens (including phenoxy) is 1. The van der Waals surface area contributed by atoms with Crippen LogP contribution in [-0.2, 0) is 4.74 Å². The minimum Gasteiger partial charge on any atom is -0.362 e. The minimum absolute atomic E-state index is 0.306. The first-order valence-electron chi connectivity index (χ1n) is 4.45. The molecule has 0 bridgehead atoms. The van der Waals surface area contributed by atoms with Crippen LogP contribution in [0.5, 0.6) is 0 Å². The Balaban J connectivity index is 2.08. The average Bonchev–Trinajstić information content (AvgIpc) is 2.21. The van der Waals surface area contributed by atoms with Gasteiger partial charge in [-0.05, 0) is 5.56 Å². The van der Waals surface area contributed by atoms with Crippen molar-refractivity contribution in [2.24, 2.45) is 0 Å². The van der Waals surface area contributed by atoms with E-state index in [9.17, 15) is 0 Å². The first kappa shape index (κ1) is 7.77. The molecule has 64 valence electrons. The van der Waals surface area contributed by atoms with Gasteiger partial charge in [0.25, 0.3) is 0 Å². The van der Waals surface area contributed by atoms with E-state index in [1.165, 1.54) is 5.56 Å². The van der Waals surface area contributed by atoms with Gasteiger partial charge in [0.1, 0.15) is 12.6 Å². The highest BCUT2D eigenvalue weighted by atomic mass is 16.5. The lowest BCUT2D eigenvalue weighted by molar-refractivity contribution is -0.678. The van der Waals surface area contributed by atoms with Crippen LogP contribution in [-0.4, -0.2) is 19.7 Å². The molecular formula is C10H14NO+. The summed E-state index contributed by atoms with van der Waals surface area (Å²) in [6, 6.07) is 10.4. The summed E-state index contributed by atoms with van der Waals surface area (Å²) in [4.78, 5) is 0. The van der Waals surface area contributed by atoms with Gasteiger partial charge in [0.2, 0.25) is 0 Å². The molecule has 2 nitrogen and oxygen atoms in total. The van der Waals surface area contributed by atoms with Crippen molar-refractivity contribution in [3.05, 3.63) is 35.9 Å². The standard InChI is InChI=1S/C10H13NO/c1-2-4-9(5-3-1)10-8-11-6-7-12-10/h1-5,10-11H,6-8H2/p+1/t10-/m1/s1. The Morgan fingerprint density at radius 2 is 2.08 bits per heavy atom. The third-order valence-corrected chi connectivity index (χ3v) is 2.19. The van der Waals surface area contributed by atoms with Gasteiger partial charge in [-0.1, -0.05) is 30.3 Å². The maximum atomic E-state index is 5.63. The molecule has 0 aromatic heterocycles. The van der Waals surface area contributed by atoms with E-state index >= 15 is 0 Å². The van der Waals surface area contributed by atoms with Gasteiger partial charge in [-0.3, -0.25) is 0 Å². The zero-order valence-corrected chi connectivity index (χ0v) is 7.07. The zero-order chi connectivity index (χ0) is 8.23. The molecule has 1 aromatic rings. The van der Waals surface area contributed by atoms with Crippen LogP contribution in [0.4, 0.5) is 0 Å². The maximum Gasteiger partial charge on any atom is 0.131 e. The second kappa shape index (κ2) is 3.70. The molecule has 1 aromatic carbocycles. The van der Waals surface area contributed by atoms with Crippen molar-refractivity contribution in [3.63, 3.8) is 0 Å². The van der Waals surface area contributed by atoms with E-state index in [-0.39, 0.29) is 0 Å². The predicted molar refractivity (Wildman–Crippen MR) is 46.8 cm³/mol. The Morgan fingerprint density at radius 1 is 1.25 bits per heavy atom. The molecule has 2 heteroatoms. The highest BCUT2D eigenvalue weighted by Crippen LogP contribution is 2.15. The zero-order valence-electron chi connectivity index (χ0n) is 7.07. The Hall–Kier alpha value is -0.860. The highest BCUT2D eigenvalue weighted by Gasteiger charge is 2.17. The number of hydrogen-bond acceptors (Lipinski definition) is 1. The Morgan fingerprint density at radius 3 is 2.75 bits per heavy atom. The molecule has 1 fully saturated rings. The third kappa shape index (κ3) is 1.65. The molecule has 1 heterocycles. The van der Waals surface area contributed by atoms with Crippen LogP contribution in [0, 0.1) is 0 Å². The van der Waals surface area contributed by atoms with Gasteiger partial charge in [0.15, 0.2) is 0 Å². The predicted octanol–water partition coefficient (Wildman–Crippen LogP) is 0.321. The third-order valence-electron chi connectivity index (χ3n) is 2.19. The van der Waals surface area contributed by atoms with Crippen molar-refractivity contribution in [1.29, 1.82) is 0 Å². The number of benzene rings is 1. The Kier molecular flexibility index (Phi) is 2.39. The van der Waals surface area contributed by atoms with Crippen molar-refractivity contribution < 1.29 is 10.1 Å². The SMILES string of the molecule is c1ccc([C@H]2C[NH2+]CCO2)cc1. The Labute approximate surface area is 72.5 Å². The summed E-state index contributed by atoms with van der Waals surface area (Å²) in [5, 5.41) is 2.31. The number of morpholine rings is 1. The van der Waals surface area contributed by atoms with Crippen molar-refractivity contribution >= 4 is 0 Å². The number of rotatable bonds is 1. The second-order valence-electron chi connectivity index (χ2n) is 3.08. The van der Waals surface area contributed by atoms with Gasteiger partial charge in [0.05, 0.1) is 13.2 Å². The fourth-order valence-electron chi connectivity index (χ4n) is 1.53. The van der Waals surface area contributed by atoms with E-state index in [0.29, 0.717) is 6.10 Å². The van der Waals surface area contributed by atoms with Crippen LogP contribution in [0.2, 0.25) is 0 Å². The van der Waals surface area contributed by atoms with Gasteiger partial charge in [0, 0.05) is 0 Å². The molecule has 0 radical (unpaired) electrons. The van der Waals surface area contributed by atoms with E-state index in [1.807, 2.05) is 6.07 Å². The molecule has 0 aliphatic carbocycles. The van der Waals surface area contributed by atoms with Gasteiger partial charge in [-0.15, -0.1) is 0 Å². The maximum absolute atomic E-state index is 5.63. The molecule has 1 atom stereocenters. The fourth-order valence-corrected chi connectivity index (χ4v) is 1.53. The van der Waals surface area contributed by atoms with E-state index in [1.54, 1.807) is 0 Å². The molecule has 1 aliphatic rings. The smallest absolute Gasteiger partial charge is 0.131 e. The summed E-state index contributed by atoms with van der Waals surface area (Å²) in [5.41, 5.74) is 1.30. The molecule has 1 saturated heterocycles. The first-order valence-corrected chi connectivity index (χ1v) is 4.45. The molecule has 2 rings (SSSR count). The molecule has 12 heavy (non-hydrogen) atoms. The number of hydrogen-bond donors (Lipinski definition) is 1. The molecule has 1 aliphatic heterocycles. The molecule has 0 spiro atoms. The lowest BCUT2D eigenvalue weighted by Gasteiger charge is -2.20. The summed E-state index contributed by atoms with van der Waals surface area (Å²) < 4.78 is 5.63. The van der Waals surface area contributed by atoms with E-state index < -0.39 is 0 Å². The monoisotopic (exact) mass is 164 g/mol. The van der Waals surface area contributed by atoms with Crippen molar-refractivity contribution in [3.8, 4) is 0 Å². The van der Waals surface area contributed by atoms with Crippen LogP contribution in [0.1, 0.15) is 11.7 Å². The largest absolute Gasteiger partial charge is 0.362 e. The summed E-state index contributed by atoms with van der Waals surface area (Å²) in [7, 11) is 0. The Bertz CT molecular complexity index is 229. The summed E-state index contributed by atoms with van der Waals surface area (Å²) in [6.45, 7) is 3.03. The van der Waals surface area contributed by atoms with Crippen LogP contribution in [0.15, 0.2) is 30.3 Å². The lowest BCUT2D eigenvalue weighted by Crippen LogP contribution is -2.88. The molecule has 0 amide bonds. The highest BCUT2D eigenvalue weighted by molar-refractivity contribution is 5.17. The van der Waals surface area contributed by atoms with Crippen LogP contribution in [0.3, 0.4) is 0 Å². The van der Waals surface area contributed by atoms with Crippen LogP contribution >= 0.6 is 0 Å². The van der Waals surface area contributed by atoms with Crippen LogP contribution in [0.25, 0.3) is 0 Å². The molecule has 0 unspecified atom stereocenters. The molecule has 0 saturated carbocycles. The number of quaternary nitrogens is 1. The van der Waals surface area contributed by atoms with E-state index in [4.69, 9.17) is 4.74 Å². The van der Waals surface area contributed by atoms with E-state index in [0.717, 1.165) is 19.7 Å². The first-order chi connectivity index (χ1) is 5.97. The normalized spacial score (nSPS) is 23.8. The quantitative estimate of drug-likeness (QED) is 0.635. The van der Waals surface area contributed by atoms with Gasteiger partial charge >= 0.3 is 0 Å².